The van der Waals surface area contributed by atoms with Crippen molar-refractivity contribution in [1.82, 2.24) is 109 Å². The molecular weight excluding hydrogens is 1750 g/mol. The van der Waals surface area contributed by atoms with Gasteiger partial charge in [-0.15, -0.1) is 32.8 Å². The van der Waals surface area contributed by atoms with Crippen LogP contribution in [0.1, 0.15) is 274 Å². The van der Waals surface area contributed by atoms with E-state index in [9.17, 15) is 14.4 Å². The van der Waals surface area contributed by atoms with E-state index in [1.165, 1.54) is 121 Å². The summed E-state index contributed by atoms with van der Waals surface area (Å²) in [4.78, 5) is 76.1. The summed E-state index contributed by atoms with van der Waals surface area (Å²) in [6.07, 6.45) is 27.1. The molecule has 0 amide bonds. The van der Waals surface area contributed by atoms with E-state index in [2.05, 4.69) is 178 Å². The standard InChI is InChI=1S/C30H33N7O2.C23H25N5.C22H24N6.C17H21N3.C8H12N2O3.C6H8N2O.ClH/c1-17-14-23(36-37(17)5)26-32-25-22(12-13-31-27(25)33-26)20-10-11-21-18(15-20)8-6-7-9-19(21)16-24(38)28-34-35-29(39-28)30(2,3)4;1-14-6-4-5-7-16-13-17(8-9-18(14)16)19-10-11-24-23-21(19)25-22(26-23)20-12-15(2)28(3)27-20;1-13-11-19(27-28(13)2)21-25-20-17(9-10-24-22(20)26-21)15-7-8-16-14(12-15)5-3-4-6-18(16)23;1-11-4-2-3-5-12-10-13(6-7-14(11)12)15-8-9-20-17(19)16(15)18;1-8(2,3)7-10-9-5(13-7)6(11)12-4;1-5-3-6(4-9)7-8(5)2;/h10-15,19H,6-9,16H2,1-5H3,(H,31,32,33);8-14H,4-7H2,1-3H3,(H,24,25,26);7-12,18H,3-6,23H2,1-2H3,(H,24,25,26);6-11H,2-5,18H2,1H3,(H2,19,20);1-4H3;3-4H,1-2H3;1H. The SMILES string of the molecule is CC1CCCCc2cc(-c3ccnc(N)c3N)ccc21.COC(=O)c1nnc(C(C)(C)C)o1.Cc1cc(-c2nc3nccc(-c4ccc5c(c4)CCCCC5C)c3[nH]2)nn1C.Cc1cc(-c2nc3nccc(-c4ccc5c(c4)CCCCC5CC(=O)c4nnc(C(C)(C)C)o4)c3[nH]2)nn1C.Cc1cc(-c2nc3nccc(-c4ccc5c(c4)CCCCC5N)c3[nH]2)nn1C.Cc1cc(C=O)nn1C.Cl. The third kappa shape index (κ3) is 22.0. The fourth-order valence-corrected chi connectivity index (χ4v) is 18.3. The van der Waals surface area contributed by atoms with Gasteiger partial charge in [0.25, 0.3) is 5.89 Å². The predicted octanol–water partition coefficient (Wildman–Crippen LogP) is 21.2. The van der Waals surface area contributed by atoms with Crippen LogP contribution in [0.15, 0.2) is 155 Å². The Morgan fingerprint density at radius 2 is 0.812 bits per heavy atom. The molecule has 4 aliphatic rings. The van der Waals surface area contributed by atoms with Crippen LogP contribution in [-0.2, 0) is 69.4 Å². The largest absolute Gasteiger partial charge is 0.462 e. The van der Waals surface area contributed by atoms with Crippen LogP contribution >= 0.6 is 12.4 Å². The lowest BCUT2D eigenvalue weighted by molar-refractivity contribution is 0.0552. The Morgan fingerprint density at radius 1 is 0.449 bits per heavy atom. The number of aromatic nitrogens is 22. The molecule has 13 aromatic heterocycles. The number of carbonyl (C=O) groups excluding carboxylic acids is 3. The van der Waals surface area contributed by atoms with Crippen LogP contribution < -0.4 is 17.2 Å². The van der Waals surface area contributed by atoms with E-state index in [1.807, 2.05) is 160 Å². The van der Waals surface area contributed by atoms with Crippen LogP contribution in [0, 0.1) is 27.7 Å². The van der Waals surface area contributed by atoms with Crippen LogP contribution in [0.25, 0.3) is 113 Å². The van der Waals surface area contributed by atoms with Gasteiger partial charge in [-0.2, -0.15) is 20.4 Å². The van der Waals surface area contributed by atoms with Crippen molar-refractivity contribution in [2.45, 2.75) is 227 Å². The number of H-pyrrole nitrogens is 3. The van der Waals surface area contributed by atoms with Gasteiger partial charge in [-0.3, -0.25) is 28.3 Å². The molecule has 716 valence electrons. The highest BCUT2D eigenvalue weighted by atomic mass is 35.5. The average Bonchev–Trinajstić information content (AvgIpc) is 1.63. The van der Waals surface area contributed by atoms with E-state index in [4.69, 9.17) is 36.0 Å². The van der Waals surface area contributed by atoms with Crippen LogP contribution in [0.4, 0.5) is 11.5 Å². The lowest BCUT2D eigenvalue weighted by Gasteiger charge is -2.17. The molecule has 9 N–H and O–H groups in total. The molecule has 4 atom stereocenters. The second kappa shape index (κ2) is 42.1. The smallest absolute Gasteiger partial charge is 0.396 e. The van der Waals surface area contributed by atoms with E-state index in [1.54, 1.807) is 23.1 Å². The number of ether oxygens (including phenoxy) is 1. The fourth-order valence-electron chi connectivity index (χ4n) is 18.3. The topological polar surface area (TPSA) is 425 Å². The molecule has 32 heteroatoms. The Morgan fingerprint density at radius 3 is 1.20 bits per heavy atom. The zero-order valence-corrected chi connectivity index (χ0v) is 82.7. The molecule has 21 rings (SSSR count). The van der Waals surface area contributed by atoms with Gasteiger partial charge in [-0.05, 0) is 238 Å². The highest BCUT2D eigenvalue weighted by Crippen LogP contribution is 2.42. The minimum Gasteiger partial charge on any atom is -0.462 e. The number of hydrogen-bond acceptors (Lipinski definition) is 24. The third-order valence-electron chi connectivity index (χ3n) is 26.5. The summed E-state index contributed by atoms with van der Waals surface area (Å²) >= 11 is 0. The first-order chi connectivity index (χ1) is 65.7. The van der Waals surface area contributed by atoms with Gasteiger partial charge in [0.1, 0.15) is 28.6 Å². The molecule has 138 heavy (non-hydrogen) atoms. The Hall–Kier alpha value is -14.3. The molecule has 31 nitrogen and oxygen atoms in total. The number of ketones is 1. The zero-order valence-electron chi connectivity index (χ0n) is 81.9. The molecule has 13 heterocycles. The van der Waals surface area contributed by atoms with Gasteiger partial charge in [0, 0.05) is 121 Å². The van der Waals surface area contributed by atoms with Crippen molar-refractivity contribution < 1.29 is 28.0 Å². The minimum atomic E-state index is -0.608. The second-order valence-electron chi connectivity index (χ2n) is 38.6. The van der Waals surface area contributed by atoms with Crippen molar-refractivity contribution >= 4 is 75.4 Å². The summed E-state index contributed by atoms with van der Waals surface area (Å²) in [7, 11) is 8.88. The number of imidazole rings is 3. The zero-order chi connectivity index (χ0) is 96.8. The molecule has 0 saturated carbocycles. The van der Waals surface area contributed by atoms with Gasteiger partial charge in [-0.1, -0.05) is 154 Å². The maximum atomic E-state index is 13.1. The summed E-state index contributed by atoms with van der Waals surface area (Å²) in [5, 5.41) is 33.0. The number of fused-ring (bicyclic) bond motifs is 7. The van der Waals surface area contributed by atoms with Gasteiger partial charge in [-0.25, -0.2) is 39.7 Å². The Balaban J connectivity index is 0.000000132. The average molecular weight is 1880 g/mol. The highest BCUT2D eigenvalue weighted by Gasteiger charge is 2.31. The van der Waals surface area contributed by atoms with E-state index in [0.29, 0.717) is 64.4 Å². The Labute approximate surface area is 809 Å². The molecule has 0 aliphatic heterocycles. The second-order valence-corrected chi connectivity index (χ2v) is 38.6. The number of anilines is 2. The number of aldehydes is 1. The van der Waals surface area contributed by atoms with Gasteiger partial charge in [0.2, 0.25) is 17.6 Å². The van der Waals surface area contributed by atoms with Gasteiger partial charge in [0.15, 0.2) is 40.7 Å². The number of hydrogen-bond donors (Lipinski definition) is 6. The highest BCUT2D eigenvalue weighted by molar-refractivity contribution is 5.95. The summed E-state index contributed by atoms with van der Waals surface area (Å²) in [6, 6.07) is 43.0. The fraction of sp³-hybridized carbons (Fsp3) is 0.377. The summed E-state index contributed by atoms with van der Waals surface area (Å²) < 4.78 is 22.5. The number of benzene rings is 4. The van der Waals surface area contributed by atoms with Gasteiger partial charge in [0.05, 0.1) is 29.3 Å². The minimum absolute atomic E-state index is 0. The van der Waals surface area contributed by atoms with Gasteiger partial charge >= 0.3 is 11.9 Å². The van der Waals surface area contributed by atoms with Crippen LogP contribution in [-0.4, -0.2) is 135 Å². The summed E-state index contributed by atoms with van der Waals surface area (Å²) in [6.45, 7) is 24.4. The molecule has 17 aromatic rings. The summed E-state index contributed by atoms with van der Waals surface area (Å²) in [5.41, 5.74) is 50.5. The number of aromatic amines is 3. The van der Waals surface area contributed by atoms with E-state index in [0.717, 1.165) is 158 Å². The Kier molecular flexibility index (Phi) is 30.0. The van der Waals surface area contributed by atoms with Crippen molar-refractivity contribution in [3.05, 3.63) is 243 Å². The molecule has 4 unspecified atom stereocenters. The molecule has 0 spiro atoms. The third-order valence-corrected chi connectivity index (χ3v) is 26.5. The number of halogens is 1. The molecule has 0 bridgehead atoms. The lowest BCUT2D eigenvalue weighted by Crippen LogP contribution is -2.11. The first kappa shape index (κ1) is 98.2. The number of nitrogens with one attached hydrogen (secondary N) is 3. The number of nitrogen functional groups attached to an aromatic ring is 2. The molecule has 0 saturated heterocycles. The lowest BCUT2D eigenvalue weighted by atomic mass is 9.87. The first-order valence-corrected chi connectivity index (χ1v) is 47.3. The van der Waals surface area contributed by atoms with Crippen molar-refractivity contribution in [3.63, 3.8) is 0 Å². The normalized spacial score (nSPS) is 15.7. The predicted molar refractivity (Wildman–Crippen MR) is 541 cm³/mol. The number of pyridine rings is 4. The van der Waals surface area contributed by atoms with Crippen molar-refractivity contribution in [2.75, 3.05) is 18.6 Å². The number of aryl methyl sites for hydroxylation is 12. The van der Waals surface area contributed by atoms with Crippen LogP contribution in [0.2, 0.25) is 0 Å². The molecular formula is C106H124ClN25O6. The summed E-state index contributed by atoms with van der Waals surface area (Å²) in [5.74, 6) is 4.27. The number of carbonyl (C=O) groups is 3. The monoisotopic (exact) mass is 1880 g/mol. The maximum Gasteiger partial charge on any atom is 0.396 e. The number of rotatable bonds is 12. The van der Waals surface area contributed by atoms with Crippen molar-refractivity contribution in [1.29, 1.82) is 0 Å². The molecule has 4 aromatic carbocycles. The quantitative estimate of drug-likeness (QED) is 0.0286. The maximum absolute atomic E-state index is 13.1. The van der Waals surface area contributed by atoms with E-state index in [-0.39, 0.29) is 52.8 Å². The van der Waals surface area contributed by atoms with Crippen molar-refractivity contribution in [2.24, 2.45) is 33.9 Å². The van der Waals surface area contributed by atoms with Crippen molar-refractivity contribution in [3.8, 4) is 79.1 Å². The number of esters is 1. The number of methoxy groups -OCH3 is 1. The van der Waals surface area contributed by atoms with E-state index >= 15 is 0 Å². The molecule has 0 fully saturated rings. The number of nitrogens with zero attached hydrogens (tertiary/aromatic N) is 19. The number of nitrogens with two attached hydrogens (primary N) is 3. The van der Waals surface area contributed by atoms with E-state index < -0.39 is 5.97 Å². The van der Waals surface area contributed by atoms with Crippen LogP contribution in [0.5, 0.6) is 0 Å². The molecule has 0 radical (unpaired) electrons. The molecule has 4 aliphatic carbocycles. The number of Topliss-reactive ketones (excluding diaryl/α,β-unsaturated/α-hetero) is 1. The van der Waals surface area contributed by atoms with Gasteiger partial charge < -0.3 is 45.7 Å². The Bertz CT molecular complexity index is 6980. The first-order valence-electron chi connectivity index (χ1n) is 47.3. The van der Waals surface area contributed by atoms with Crippen LogP contribution in [0.3, 0.4) is 0 Å².